The van der Waals surface area contributed by atoms with Crippen molar-refractivity contribution in [1.29, 1.82) is 0 Å². The fraction of sp³-hybridized carbons (Fsp3) is 0.417. The van der Waals surface area contributed by atoms with Crippen LogP contribution in [0.2, 0.25) is 0 Å². The molecule has 0 atom stereocenters. The summed E-state index contributed by atoms with van der Waals surface area (Å²) in [5.74, 6) is 1.52. The van der Waals surface area contributed by atoms with Gasteiger partial charge in [-0.05, 0) is 25.5 Å². The maximum Gasteiger partial charge on any atom is 0.165 e. The predicted molar refractivity (Wildman–Crippen MR) is 56.9 cm³/mol. The predicted octanol–water partition coefficient (Wildman–Crippen LogP) is 2.28. The number of carbonyl (C=O) groups excluding carboxylic acids is 1. The molecular weight excluding hydrogens is 192 g/mol. The molecule has 0 N–H and O–H groups in total. The highest BCUT2D eigenvalue weighted by Crippen LogP contribution is 2.37. The number of hydrogen-bond donors (Lipinski definition) is 0. The second-order valence-corrected chi connectivity index (χ2v) is 3.73. The number of aldehydes is 1. The average Bonchev–Trinajstić information content (AvgIpc) is 2.49. The Kier molecular flexibility index (Phi) is 2.62. The molecule has 80 valence electrons. The number of rotatable bonds is 1. The van der Waals surface area contributed by atoms with Gasteiger partial charge in [0.25, 0.3) is 0 Å². The molecule has 0 amide bonds. The number of benzene rings is 1. The molecule has 0 fully saturated rings. The maximum atomic E-state index is 10.9. The Labute approximate surface area is 89.0 Å². The molecule has 2 rings (SSSR count). The van der Waals surface area contributed by atoms with Crippen LogP contribution in [0.3, 0.4) is 0 Å². The smallest absolute Gasteiger partial charge is 0.165 e. The minimum absolute atomic E-state index is 0.648. The lowest BCUT2D eigenvalue weighted by Gasteiger charge is -2.14. The van der Waals surface area contributed by atoms with Crippen LogP contribution in [0.15, 0.2) is 6.07 Å². The Hall–Kier alpha value is -1.51. The van der Waals surface area contributed by atoms with Gasteiger partial charge in [-0.25, -0.2) is 0 Å². The summed E-state index contributed by atoms with van der Waals surface area (Å²) in [5.41, 5.74) is 2.50. The van der Waals surface area contributed by atoms with Crippen LogP contribution < -0.4 is 9.47 Å². The molecule has 0 bridgehead atoms. The highest BCUT2D eigenvalue weighted by Gasteiger charge is 2.17. The second-order valence-electron chi connectivity index (χ2n) is 3.73. The maximum absolute atomic E-state index is 10.9. The number of hydrogen-bond acceptors (Lipinski definition) is 3. The van der Waals surface area contributed by atoms with E-state index in [1.165, 1.54) is 0 Å². The molecule has 1 aliphatic heterocycles. The highest BCUT2D eigenvalue weighted by atomic mass is 16.5. The SMILES string of the molecule is Cc1cc(C=O)c(C)c2c1OCCCO2. The minimum atomic E-state index is 0.648. The average molecular weight is 206 g/mol. The highest BCUT2D eigenvalue weighted by molar-refractivity contribution is 5.80. The van der Waals surface area contributed by atoms with Gasteiger partial charge in [0, 0.05) is 17.5 Å². The fourth-order valence-electron chi connectivity index (χ4n) is 1.77. The summed E-state index contributed by atoms with van der Waals surface area (Å²) in [6, 6.07) is 1.84. The molecule has 0 unspecified atom stereocenters. The van der Waals surface area contributed by atoms with Crippen LogP contribution >= 0.6 is 0 Å². The lowest BCUT2D eigenvalue weighted by molar-refractivity contribution is 0.112. The largest absolute Gasteiger partial charge is 0.489 e. The molecule has 1 aliphatic rings. The molecule has 1 aromatic rings. The molecule has 1 aromatic carbocycles. The van der Waals surface area contributed by atoms with Crippen LogP contribution in [0, 0.1) is 13.8 Å². The van der Waals surface area contributed by atoms with Gasteiger partial charge in [0.05, 0.1) is 13.2 Å². The summed E-state index contributed by atoms with van der Waals surface area (Å²) in [7, 11) is 0. The Morgan fingerprint density at radius 3 is 2.53 bits per heavy atom. The number of carbonyl (C=O) groups is 1. The van der Waals surface area contributed by atoms with Gasteiger partial charge in [0.2, 0.25) is 0 Å². The van der Waals surface area contributed by atoms with Gasteiger partial charge in [0.1, 0.15) is 6.29 Å². The minimum Gasteiger partial charge on any atom is -0.489 e. The first-order valence-electron chi connectivity index (χ1n) is 5.09. The van der Waals surface area contributed by atoms with Crippen molar-refractivity contribution < 1.29 is 14.3 Å². The van der Waals surface area contributed by atoms with Crippen molar-refractivity contribution >= 4 is 6.29 Å². The molecule has 1 heterocycles. The van der Waals surface area contributed by atoms with Crippen LogP contribution in [-0.2, 0) is 0 Å². The van der Waals surface area contributed by atoms with E-state index in [1.807, 2.05) is 19.9 Å². The molecule has 15 heavy (non-hydrogen) atoms. The van der Waals surface area contributed by atoms with Gasteiger partial charge in [0.15, 0.2) is 11.5 Å². The van der Waals surface area contributed by atoms with Crippen molar-refractivity contribution in [1.82, 2.24) is 0 Å². The van der Waals surface area contributed by atoms with Crippen LogP contribution in [0.25, 0.3) is 0 Å². The Morgan fingerprint density at radius 2 is 1.87 bits per heavy atom. The third kappa shape index (κ3) is 1.69. The van der Waals surface area contributed by atoms with Gasteiger partial charge in [-0.3, -0.25) is 4.79 Å². The lowest BCUT2D eigenvalue weighted by Crippen LogP contribution is -1.99. The van der Waals surface area contributed by atoms with Gasteiger partial charge in [-0.1, -0.05) is 0 Å². The van der Waals surface area contributed by atoms with Crippen molar-refractivity contribution in [3.8, 4) is 11.5 Å². The zero-order valence-corrected chi connectivity index (χ0v) is 9.00. The molecule has 0 aliphatic carbocycles. The molecule has 0 saturated carbocycles. The van der Waals surface area contributed by atoms with E-state index >= 15 is 0 Å². The van der Waals surface area contributed by atoms with E-state index in [1.54, 1.807) is 0 Å². The van der Waals surface area contributed by atoms with Crippen LogP contribution in [0.4, 0.5) is 0 Å². The van der Waals surface area contributed by atoms with E-state index in [9.17, 15) is 4.79 Å². The van der Waals surface area contributed by atoms with E-state index in [0.717, 1.165) is 35.3 Å². The first kappa shape index (κ1) is 10.0. The first-order valence-corrected chi connectivity index (χ1v) is 5.09. The van der Waals surface area contributed by atoms with Gasteiger partial charge >= 0.3 is 0 Å². The molecule has 0 aromatic heterocycles. The van der Waals surface area contributed by atoms with Crippen molar-refractivity contribution in [2.45, 2.75) is 20.3 Å². The van der Waals surface area contributed by atoms with Crippen molar-refractivity contribution in [2.24, 2.45) is 0 Å². The Bertz CT molecular complexity index is 396. The molecule has 0 radical (unpaired) electrons. The van der Waals surface area contributed by atoms with Gasteiger partial charge < -0.3 is 9.47 Å². The quantitative estimate of drug-likeness (QED) is 0.661. The number of ether oxygens (including phenoxy) is 2. The topological polar surface area (TPSA) is 35.5 Å². The van der Waals surface area contributed by atoms with E-state index in [0.29, 0.717) is 18.8 Å². The van der Waals surface area contributed by atoms with Crippen LogP contribution in [-0.4, -0.2) is 19.5 Å². The fourth-order valence-corrected chi connectivity index (χ4v) is 1.77. The third-order valence-corrected chi connectivity index (χ3v) is 2.62. The molecule has 3 heteroatoms. The molecule has 3 nitrogen and oxygen atoms in total. The molecule has 0 saturated heterocycles. The summed E-state index contributed by atoms with van der Waals surface area (Å²) >= 11 is 0. The standard InChI is InChI=1S/C12H14O3/c1-8-6-10(7-13)9(2)12-11(8)14-4-3-5-15-12/h6-7H,3-5H2,1-2H3. The van der Waals surface area contributed by atoms with E-state index in [-0.39, 0.29) is 0 Å². The van der Waals surface area contributed by atoms with E-state index in [2.05, 4.69) is 0 Å². The van der Waals surface area contributed by atoms with Crippen molar-refractivity contribution in [3.05, 3.63) is 22.8 Å². The van der Waals surface area contributed by atoms with Crippen molar-refractivity contribution in [3.63, 3.8) is 0 Å². The summed E-state index contributed by atoms with van der Waals surface area (Å²) in [4.78, 5) is 10.9. The monoisotopic (exact) mass is 206 g/mol. The van der Waals surface area contributed by atoms with Gasteiger partial charge in [-0.15, -0.1) is 0 Å². The Morgan fingerprint density at radius 1 is 1.20 bits per heavy atom. The zero-order valence-electron chi connectivity index (χ0n) is 9.00. The second kappa shape index (κ2) is 3.93. The van der Waals surface area contributed by atoms with Crippen molar-refractivity contribution in [2.75, 3.05) is 13.2 Å². The van der Waals surface area contributed by atoms with E-state index in [4.69, 9.17) is 9.47 Å². The number of fused-ring (bicyclic) bond motifs is 1. The van der Waals surface area contributed by atoms with Crippen LogP contribution in [0.1, 0.15) is 27.9 Å². The molecule has 0 spiro atoms. The molecular formula is C12H14O3. The summed E-state index contributed by atoms with van der Waals surface area (Å²) in [5, 5.41) is 0. The number of aryl methyl sites for hydroxylation is 1. The third-order valence-electron chi connectivity index (χ3n) is 2.62. The van der Waals surface area contributed by atoms with Gasteiger partial charge in [-0.2, -0.15) is 0 Å². The normalized spacial score (nSPS) is 14.5. The van der Waals surface area contributed by atoms with E-state index < -0.39 is 0 Å². The van der Waals surface area contributed by atoms with Crippen LogP contribution in [0.5, 0.6) is 11.5 Å². The zero-order chi connectivity index (χ0) is 10.8. The summed E-state index contributed by atoms with van der Waals surface area (Å²) in [6.45, 7) is 5.14. The summed E-state index contributed by atoms with van der Waals surface area (Å²) in [6.07, 6.45) is 1.74. The first-order chi connectivity index (χ1) is 7.24. The summed E-state index contributed by atoms with van der Waals surface area (Å²) < 4.78 is 11.2. The lowest BCUT2D eigenvalue weighted by atomic mass is 10.0. The Balaban J connectivity index is 2.60.